The molecular weight excluding hydrogens is 349 g/mol. The number of fused-ring (bicyclic) bond motifs is 1. The second-order valence-corrected chi connectivity index (χ2v) is 5.66. The molecule has 0 aliphatic carbocycles. The van der Waals surface area contributed by atoms with E-state index in [0.29, 0.717) is 17.6 Å². The molecule has 0 radical (unpaired) electrons. The lowest BCUT2D eigenvalue weighted by Gasteiger charge is -2.08. The Morgan fingerprint density at radius 3 is 2.95 bits per heavy atom. The van der Waals surface area contributed by atoms with Crippen molar-refractivity contribution in [1.82, 2.24) is 14.9 Å². The molecule has 112 valence electrons. The molecule has 1 aromatic heterocycles. The molecule has 0 saturated heterocycles. The number of nitrogens with zero attached hydrogens (tertiary/aromatic N) is 2. The van der Waals surface area contributed by atoms with Gasteiger partial charge >= 0.3 is 0 Å². The number of amides is 1. The number of carbonyl (C=O) groups excluding carboxylic acids is 1. The number of benzene rings is 2. The van der Waals surface area contributed by atoms with Crippen LogP contribution in [0.3, 0.4) is 0 Å². The number of halogens is 2. The van der Waals surface area contributed by atoms with Gasteiger partial charge in [-0.25, -0.2) is 9.37 Å². The summed E-state index contributed by atoms with van der Waals surface area (Å²) >= 11 is 3.25. The fourth-order valence-corrected chi connectivity index (χ4v) is 2.67. The second-order valence-electron chi connectivity index (χ2n) is 4.81. The van der Waals surface area contributed by atoms with Gasteiger partial charge in [-0.15, -0.1) is 0 Å². The number of hydrogen-bond donors (Lipinski definition) is 1. The molecule has 22 heavy (non-hydrogen) atoms. The maximum Gasteiger partial charge on any atom is 0.252 e. The van der Waals surface area contributed by atoms with Gasteiger partial charge in [-0.05, 0) is 46.3 Å². The van der Waals surface area contributed by atoms with Crippen LogP contribution in [0.4, 0.5) is 4.39 Å². The molecule has 4 nitrogen and oxygen atoms in total. The molecule has 1 heterocycles. The molecular formula is C16H13BrFN3O. The Labute approximate surface area is 135 Å². The number of hydrogen-bond acceptors (Lipinski definition) is 2. The average Bonchev–Trinajstić information content (AvgIpc) is 2.93. The highest BCUT2D eigenvalue weighted by atomic mass is 79.9. The smallest absolute Gasteiger partial charge is 0.252 e. The maximum absolute atomic E-state index is 13.2. The number of rotatable bonds is 4. The van der Waals surface area contributed by atoms with Crippen LogP contribution in [0, 0.1) is 5.82 Å². The predicted octanol–water partition coefficient (Wildman–Crippen LogP) is 3.37. The second kappa shape index (κ2) is 6.27. The summed E-state index contributed by atoms with van der Waals surface area (Å²) in [6.45, 7) is 1.03. The molecule has 1 N–H and O–H groups in total. The standard InChI is InChI=1S/C16H13BrFN3O/c17-13-6-5-11(18)9-12(13)16(22)19-7-8-21-10-20-14-3-1-2-4-15(14)21/h1-6,9-10H,7-8H2,(H,19,22). The van der Waals surface area contributed by atoms with E-state index in [1.807, 2.05) is 28.8 Å². The number of nitrogens with one attached hydrogen (secondary N) is 1. The zero-order valence-electron chi connectivity index (χ0n) is 11.6. The summed E-state index contributed by atoms with van der Waals surface area (Å²) in [5, 5.41) is 2.79. The highest BCUT2D eigenvalue weighted by Crippen LogP contribution is 2.17. The summed E-state index contributed by atoms with van der Waals surface area (Å²) in [6, 6.07) is 11.8. The molecule has 0 unspecified atom stereocenters. The van der Waals surface area contributed by atoms with Crippen molar-refractivity contribution < 1.29 is 9.18 Å². The maximum atomic E-state index is 13.2. The van der Waals surface area contributed by atoms with Crippen LogP contribution in [-0.2, 0) is 6.54 Å². The zero-order valence-corrected chi connectivity index (χ0v) is 13.2. The summed E-state index contributed by atoms with van der Waals surface area (Å²) in [4.78, 5) is 16.4. The minimum Gasteiger partial charge on any atom is -0.350 e. The van der Waals surface area contributed by atoms with Crippen LogP contribution < -0.4 is 5.32 Å². The normalized spacial score (nSPS) is 10.8. The van der Waals surface area contributed by atoms with Gasteiger partial charge in [0, 0.05) is 17.6 Å². The summed E-state index contributed by atoms with van der Waals surface area (Å²) in [6.07, 6.45) is 1.74. The summed E-state index contributed by atoms with van der Waals surface area (Å²) in [5.74, 6) is -0.746. The third-order valence-electron chi connectivity index (χ3n) is 3.34. The Balaban J connectivity index is 1.65. The van der Waals surface area contributed by atoms with Crippen molar-refractivity contribution in [1.29, 1.82) is 0 Å². The Bertz CT molecular complexity index is 831. The van der Waals surface area contributed by atoms with Crippen molar-refractivity contribution in [2.45, 2.75) is 6.54 Å². The van der Waals surface area contributed by atoms with Crippen LogP contribution >= 0.6 is 15.9 Å². The number of imidazole rings is 1. The van der Waals surface area contributed by atoms with E-state index in [1.165, 1.54) is 18.2 Å². The van der Waals surface area contributed by atoms with Crippen molar-refractivity contribution >= 4 is 32.9 Å². The van der Waals surface area contributed by atoms with Gasteiger partial charge < -0.3 is 9.88 Å². The lowest BCUT2D eigenvalue weighted by Crippen LogP contribution is -2.27. The highest BCUT2D eigenvalue weighted by Gasteiger charge is 2.10. The average molecular weight is 362 g/mol. The molecule has 0 fully saturated rings. The molecule has 0 aliphatic heterocycles. The van der Waals surface area contributed by atoms with Crippen LogP contribution in [0.25, 0.3) is 11.0 Å². The third kappa shape index (κ3) is 3.01. The van der Waals surface area contributed by atoms with Gasteiger partial charge in [-0.3, -0.25) is 4.79 Å². The van der Waals surface area contributed by atoms with E-state index in [4.69, 9.17) is 0 Å². The first kappa shape index (κ1) is 14.7. The summed E-state index contributed by atoms with van der Waals surface area (Å²) in [5.41, 5.74) is 2.22. The van der Waals surface area contributed by atoms with Gasteiger partial charge in [0.05, 0.1) is 22.9 Å². The monoisotopic (exact) mass is 361 g/mol. The topological polar surface area (TPSA) is 46.9 Å². The SMILES string of the molecule is O=C(NCCn1cnc2ccccc21)c1cc(F)ccc1Br. The Kier molecular flexibility index (Phi) is 4.20. The van der Waals surface area contributed by atoms with E-state index < -0.39 is 5.82 Å². The van der Waals surface area contributed by atoms with Crippen LogP contribution in [0.2, 0.25) is 0 Å². The van der Waals surface area contributed by atoms with Crippen molar-refractivity contribution in [3.05, 3.63) is 64.6 Å². The molecule has 0 aliphatic rings. The van der Waals surface area contributed by atoms with Gasteiger partial charge in [0.25, 0.3) is 5.91 Å². The van der Waals surface area contributed by atoms with E-state index >= 15 is 0 Å². The van der Waals surface area contributed by atoms with Gasteiger partial charge in [0.2, 0.25) is 0 Å². The van der Waals surface area contributed by atoms with E-state index in [0.717, 1.165) is 11.0 Å². The molecule has 3 aromatic rings. The first-order valence-corrected chi connectivity index (χ1v) is 7.57. The molecule has 6 heteroatoms. The summed E-state index contributed by atoms with van der Waals surface area (Å²) in [7, 11) is 0. The van der Waals surface area contributed by atoms with Crippen LogP contribution in [0.5, 0.6) is 0 Å². The molecule has 0 bridgehead atoms. The number of para-hydroxylation sites is 2. The van der Waals surface area contributed by atoms with Crippen molar-refractivity contribution in [3.8, 4) is 0 Å². The minimum atomic E-state index is -0.436. The van der Waals surface area contributed by atoms with Crippen LogP contribution in [-0.4, -0.2) is 22.0 Å². The predicted molar refractivity (Wildman–Crippen MR) is 86.2 cm³/mol. The fourth-order valence-electron chi connectivity index (χ4n) is 2.25. The van der Waals surface area contributed by atoms with Gasteiger partial charge in [0.1, 0.15) is 5.82 Å². The fraction of sp³-hybridized carbons (Fsp3) is 0.125. The van der Waals surface area contributed by atoms with Crippen molar-refractivity contribution in [2.75, 3.05) is 6.54 Å². The van der Waals surface area contributed by atoms with E-state index in [1.54, 1.807) is 6.33 Å². The van der Waals surface area contributed by atoms with E-state index in [9.17, 15) is 9.18 Å². The Morgan fingerprint density at radius 1 is 1.27 bits per heavy atom. The van der Waals surface area contributed by atoms with E-state index in [2.05, 4.69) is 26.2 Å². The molecule has 0 saturated carbocycles. The van der Waals surface area contributed by atoms with Gasteiger partial charge in [0.15, 0.2) is 0 Å². The lowest BCUT2D eigenvalue weighted by atomic mass is 10.2. The van der Waals surface area contributed by atoms with Crippen LogP contribution in [0.15, 0.2) is 53.3 Å². The first-order valence-electron chi connectivity index (χ1n) is 6.78. The van der Waals surface area contributed by atoms with Crippen molar-refractivity contribution in [3.63, 3.8) is 0 Å². The Hall–Kier alpha value is -2.21. The highest BCUT2D eigenvalue weighted by molar-refractivity contribution is 9.10. The number of carbonyl (C=O) groups is 1. The molecule has 0 spiro atoms. The van der Waals surface area contributed by atoms with Gasteiger partial charge in [-0.2, -0.15) is 0 Å². The Morgan fingerprint density at radius 2 is 2.09 bits per heavy atom. The quantitative estimate of drug-likeness (QED) is 0.774. The molecule has 0 atom stereocenters. The first-order chi connectivity index (χ1) is 10.6. The van der Waals surface area contributed by atoms with Crippen LogP contribution in [0.1, 0.15) is 10.4 Å². The molecule has 2 aromatic carbocycles. The number of aromatic nitrogens is 2. The zero-order chi connectivity index (χ0) is 15.5. The molecule has 3 rings (SSSR count). The van der Waals surface area contributed by atoms with E-state index in [-0.39, 0.29) is 11.5 Å². The van der Waals surface area contributed by atoms with Gasteiger partial charge in [-0.1, -0.05) is 12.1 Å². The molecule has 1 amide bonds. The minimum absolute atomic E-state index is 0.287. The third-order valence-corrected chi connectivity index (χ3v) is 4.03. The lowest BCUT2D eigenvalue weighted by molar-refractivity contribution is 0.0951. The van der Waals surface area contributed by atoms with Crippen molar-refractivity contribution in [2.24, 2.45) is 0 Å². The largest absolute Gasteiger partial charge is 0.350 e. The summed E-state index contributed by atoms with van der Waals surface area (Å²) < 4.78 is 15.8.